The van der Waals surface area contributed by atoms with Gasteiger partial charge in [0.15, 0.2) is 23.0 Å². The molecular weight excluding hydrogens is 346 g/mol. The first-order valence-electron chi connectivity index (χ1n) is 9.13. The molecule has 27 heavy (non-hydrogen) atoms. The first kappa shape index (κ1) is 17.5. The normalized spacial score (nSPS) is 17.9. The molecule has 0 saturated heterocycles. The van der Waals surface area contributed by atoms with Crippen molar-refractivity contribution in [2.45, 2.75) is 32.3 Å². The average Bonchev–Trinajstić information content (AvgIpc) is 2.65. The Kier molecular flexibility index (Phi) is 4.56. The SMILES string of the molecule is COc1cccc([C@H]2CC(=O)Nc3cc4c(cc32)OCCO4)c1OC(C)C. The fraction of sp³-hybridized carbons (Fsp3) is 0.381. The van der Waals surface area contributed by atoms with Crippen LogP contribution in [0, 0.1) is 0 Å². The quantitative estimate of drug-likeness (QED) is 0.890. The topological polar surface area (TPSA) is 66.0 Å². The Morgan fingerprint density at radius 1 is 1.11 bits per heavy atom. The zero-order valence-corrected chi connectivity index (χ0v) is 15.7. The van der Waals surface area contributed by atoms with E-state index in [0.717, 1.165) is 16.8 Å². The zero-order chi connectivity index (χ0) is 19.0. The summed E-state index contributed by atoms with van der Waals surface area (Å²) in [6.07, 6.45) is 0.311. The molecule has 1 atom stereocenters. The highest BCUT2D eigenvalue weighted by Gasteiger charge is 2.32. The molecule has 0 aromatic heterocycles. The molecule has 2 aliphatic heterocycles. The van der Waals surface area contributed by atoms with Gasteiger partial charge in [-0.25, -0.2) is 0 Å². The number of ether oxygens (including phenoxy) is 4. The van der Waals surface area contributed by atoms with Crippen molar-refractivity contribution in [3.05, 3.63) is 41.5 Å². The Balaban J connectivity index is 1.85. The summed E-state index contributed by atoms with van der Waals surface area (Å²) < 4.78 is 23.0. The van der Waals surface area contributed by atoms with E-state index in [1.807, 2.05) is 44.2 Å². The third-order valence-corrected chi connectivity index (χ3v) is 4.71. The molecule has 0 fully saturated rings. The Labute approximate surface area is 158 Å². The van der Waals surface area contributed by atoms with Gasteiger partial charge in [0.25, 0.3) is 0 Å². The monoisotopic (exact) mass is 369 g/mol. The molecule has 0 spiro atoms. The van der Waals surface area contributed by atoms with Crippen molar-refractivity contribution in [1.82, 2.24) is 0 Å². The molecule has 0 saturated carbocycles. The highest BCUT2D eigenvalue weighted by Crippen LogP contribution is 2.47. The van der Waals surface area contributed by atoms with Crippen LogP contribution < -0.4 is 24.3 Å². The number of nitrogens with one attached hydrogen (secondary N) is 1. The highest BCUT2D eigenvalue weighted by atomic mass is 16.6. The van der Waals surface area contributed by atoms with Gasteiger partial charge in [0.05, 0.1) is 13.2 Å². The zero-order valence-electron chi connectivity index (χ0n) is 15.7. The molecule has 6 heteroatoms. The van der Waals surface area contributed by atoms with Crippen LogP contribution in [-0.4, -0.2) is 32.3 Å². The third-order valence-electron chi connectivity index (χ3n) is 4.71. The van der Waals surface area contributed by atoms with Crippen LogP contribution >= 0.6 is 0 Å². The number of hydrogen-bond donors (Lipinski definition) is 1. The van der Waals surface area contributed by atoms with Crippen molar-refractivity contribution in [3.63, 3.8) is 0 Å². The van der Waals surface area contributed by atoms with Crippen LogP contribution in [0.2, 0.25) is 0 Å². The van der Waals surface area contributed by atoms with E-state index >= 15 is 0 Å². The molecule has 2 aliphatic rings. The number of carbonyl (C=O) groups is 1. The van der Waals surface area contributed by atoms with Crippen molar-refractivity contribution in [2.24, 2.45) is 0 Å². The first-order chi connectivity index (χ1) is 13.1. The lowest BCUT2D eigenvalue weighted by Gasteiger charge is -2.30. The molecule has 0 radical (unpaired) electrons. The standard InChI is InChI=1S/C21H23NO5/c1-12(2)27-21-13(5-4-6-17(21)24-3)14-10-20(23)22-16-11-19-18(9-15(14)16)25-7-8-26-19/h4-6,9,11-12,14H,7-8,10H2,1-3H3,(H,22,23)/t14-/m1/s1. The van der Waals surface area contributed by atoms with Gasteiger partial charge in [0.1, 0.15) is 13.2 Å². The van der Waals surface area contributed by atoms with E-state index in [-0.39, 0.29) is 17.9 Å². The van der Waals surface area contributed by atoms with Crippen molar-refractivity contribution in [2.75, 3.05) is 25.6 Å². The number of benzene rings is 2. The lowest BCUT2D eigenvalue weighted by Crippen LogP contribution is -2.25. The van der Waals surface area contributed by atoms with Gasteiger partial charge in [-0.05, 0) is 31.5 Å². The van der Waals surface area contributed by atoms with Gasteiger partial charge in [-0.15, -0.1) is 0 Å². The van der Waals surface area contributed by atoms with E-state index in [0.29, 0.717) is 42.6 Å². The third kappa shape index (κ3) is 3.27. The lowest BCUT2D eigenvalue weighted by atomic mass is 9.84. The number of carbonyl (C=O) groups excluding carboxylic acids is 1. The summed E-state index contributed by atoms with van der Waals surface area (Å²) in [5, 5.41) is 2.95. The largest absolute Gasteiger partial charge is 0.493 e. The van der Waals surface area contributed by atoms with Gasteiger partial charge in [-0.1, -0.05) is 12.1 Å². The minimum atomic E-state index is -0.159. The summed E-state index contributed by atoms with van der Waals surface area (Å²) in [5.74, 6) is 2.50. The molecule has 0 bridgehead atoms. The van der Waals surface area contributed by atoms with Crippen LogP contribution in [0.5, 0.6) is 23.0 Å². The fourth-order valence-corrected chi connectivity index (χ4v) is 3.60. The highest BCUT2D eigenvalue weighted by molar-refractivity contribution is 5.96. The Morgan fingerprint density at radius 2 is 1.85 bits per heavy atom. The fourth-order valence-electron chi connectivity index (χ4n) is 3.60. The Bertz CT molecular complexity index is 877. The van der Waals surface area contributed by atoms with Crippen LogP contribution in [0.1, 0.15) is 37.3 Å². The number of fused-ring (bicyclic) bond motifs is 2. The maximum absolute atomic E-state index is 12.4. The molecule has 1 N–H and O–H groups in total. The van der Waals surface area contributed by atoms with Gasteiger partial charge in [0, 0.05) is 29.7 Å². The molecule has 142 valence electrons. The van der Waals surface area contributed by atoms with Crippen LogP contribution in [0.4, 0.5) is 5.69 Å². The minimum absolute atomic E-state index is 0.0165. The van der Waals surface area contributed by atoms with E-state index in [9.17, 15) is 4.79 Å². The van der Waals surface area contributed by atoms with E-state index in [2.05, 4.69) is 5.32 Å². The molecule has 6 nitrogen and oxygen atoms in total. The second kappa shape index (κ2) is 7.02. The van der Waals surface area contributed by atoms with E-state index in [1.165, 1.54) is 0 Å². The van der Waals surface area contributed by atoms with Gasteiger partial charge >= 0.3 is 0 Å². The molecular formula is C21H23NO5. The van der Waals surface area contributed by atoms with Crippen molar-refractivity contribution in [1.29, 1.82) is 0 Å². The molecule has 2 aromatic carbocycles. The first-order valence-corrected chi connectivity index (χ1v) is 9.13. The Hall–Kier alpha value is -2.89. The van der Waals surface area contributed by atoms with Crippen LogP contribution in [0.15, 0.2) is 30.3 Å². The molecule has 2 heterocycles. The van der Waals surface area contributed by atoms with Crippen molar-refractivity contribution < 1.29 is 23.7 Å². The van der Waals surface area contributed by atoms with Gasteiger partial charge in [-0.3, -0.25) is 4.79 Å². The average molecular weight is 369 g/mol. The maximum Gasteiger partial charge on any atom is 0.225 e. The summed E-state index contributed by atoms with van der Waals surface area (Å²) in [5.41, 5.74) is 2.66. The number of para-hydroxylation sites is 1. The lowest BCUT2D eigenvalue weighted by molar-refractivity contribution is -0.116. The van der Waals surface area contributed by atoms with E-state index in [1.54, 1.807) is 7.11 Å². The van der Waals surface area contributed by atoms with Crippen LogP contribution in [0.25, 0.3) is 0 Å². The number of hydrogen-bond acceptors (Lipinski definition) is 5. The molecule has 4 rings (SSSR count). The number of amides is 1. The van der Waals surface area contributed by atoms with E-state index < -0.39 is 0 Å². The summed E-state index contributed by atoms with van der Waals surface area (Å²) in [6.45, 7) is 4.97. The molecule has 2 aromatic rings. The van der Waals surface area contributed by atoms with Crippen molar-refractivity contribution in [3.8, 4) is 23.0 Å². The summed E-state index contributed by atoms with van der Waals surface area (Å²) in [7, 11) is 1.62. The maximum atomic E-state index is 12.4. The predicted molar refractivity (Wildman–Crippen MR) is 101 cm³/mol. The predicted octanol–water partition coefficient (Wildman–Crippen LogP) is 3.73. The van der Waals surface area contributed by atoms with Gasteiger partial charge in [0.2, 0.25) is 5.91 Å². The minimum Gasteiger partial charge on any atom is -0.493 e. The van der Waals surface area contributed by atoms with Gasteiger partial charge < -0.3 is 24.3 Å². The second-order valence-electron chi connectivity index (χ2n) is 6.93. The number of rotatable bonds is 4. The van der Waals surface area contributed by atoms with E-state index in [4.69, 9.17) is 18.9 Å². The second-order valence-corrected chi connectivity index (χ2v) is 6.93. The molecule has 0 unspecified atom stereocenters. The number of methoxy groups -OCH3 is 1. The molecule has 1 amide bonds. The smallest absolute Gasteiger partial charge is 0.225 e. The van der Waals surface area contributed by atoms with Crippen molar-refractivity contribution >= 4 is 11.6 Å². The summed E-state index contributed by atoms with van der Waals surface area (Å²) in [6, 6.07) is 9.59. The Morgan fingerprint density at radius 3 is 2.56 bits per heavy atom. The summed E-state index contributed by atoms with van der Waals surface area (Å²) in [4.78, 5) is 12.4. The van der Waals surface area contributed by atoms with Crippen LogP contribution in [-0.2, 0) is 4.79 Å². The number of anilines is 1. The van der Waals surface area contributed by atoms with Crippen LogP contribution in [0.3, 0.4) is 0 Å². The van der Waals surface area contributed by atoms with Gasteiger partial charge in [-0.2, -0.15) is 0 Å². The summed E-state index contributed by atoms with van der Waals surface area (Å²) >= 11 is 0. The molecule has 0 aliphatic carbocycles.